The largest absolute Gasteiger partial charge is 0.464 e. The Morgan fingerprint density at radius 3 is 2.50 bits per heavy atom. The van der Waals surface area contributed by atoms with E-state index in [1.165, 1.54) is 12.5 Å². The third-order valence-corrected chi connectivity index (χ3v) is 4.05. The number of benzene rings is 2. The fourth-order valence-corrected chi connectivity index (χ4v) is 2.65. The van der Waals surface area contributed by atoms with Gasteiger partial charge in [-0.1, -0.05) is 19.1 Å². The maximum absolute atomic E-state index is 12.2. The van der Waals surface area contributed by atoms with Crippen molar-refractivity contribution in [2.45, 2.75) is 26.7 Å². The number of fused-ring (bicyclic) bond motifs is 1. The molecule has 0 fully saturated rings. The highest BCUT2D eigenvalue weighted by Gasteiger charge is 2.11. The Kier molecular flexibility index (Phi) is 4.47. The molecule has 0 atom stereocenters. The molecule has 0 saturated heterocycles. The van der Waals surface area contributed by atoms with Crippen LogP contribution < -0.4 is 5.32 Å². The maximum atomic E-state index is 12.2. The predicted octanol–water partition coefficient (Wildman–Crippen LogP) is 4.38. The molecule has 0 bridgehead atoms. The molecule has 0 saturated carbocycles. The Morgan fingerprint density at radius 1 is 1.08 bits per heavy atom. The van der Waals surface area contributed by atoms with E-state index in [2.05, 4.69) is 18.3 Å². The van der Waals surface area contributed by atoms with Crippen molar-refractivity contribution in [3.63, 3.8) is 0 Å². The fourth-order valence-electron chi connectivity index (χ4n) is 2.65. The number of anilines is 1. The third kappa shape index (κ3) is 3.38. The Bertz CT molecular complexity index is 891. The van der Waals surface area contributed by atoms with Gasteiger partial charge in [0.05, 0.1) is 12.7 Å². The molecule has 0 radical (unpaired) electrons. The van der Waals surface area contributed by atoms with Crippen molar-refractivity contribution in [3.8, 4) is 0 Å². The number of hydrogen-bond donors (Lipinski definition) is 1. The number of carbonyl (C=O) groups excluding carboxylic acids is 2. The molecule has 1 aromatic heterocycles. The Hall–Kier alpha value is -2.88. The number of Topliss-reactive ketones (excluding diaryl/α,β-unsaturated/α-hetero) is 1. The maximum Gasteiger partial charge on any atom is 0.228 e. The average Bonchev–Trinajstić information content (AvgIpc) is 2.97. The van der Waals surface area contributed by atoms with Crippen molar-refractivity contribution < 1.29 is 14.0 Å². The van der Waals surface area contributed by atoms with Crippen LogP contribution in [0.5, 0.6) is 0 Å². The summed E-state index contributed by atoms with van der Waals surface area (Å²) < 4.78 is 5.57. The molecule has 1 amide bonds. The number of hydrogen-bond acceptors (Lipinski definition) is 3. The summed E-state index contributed by atoms with van der Waals surface area (Å²) in [6.07, 6.45) is 2.83. The molecule has 4 nitrogen and oxygen atoms in total. The molecule has 3 rings (SSSR count). The number of nitrogens with one attached hydrogen (secondary N) is 1. The van der Waals surface area contributed by atoms with E-state index in [-0.39, 0.29) is 18.1 Å². The number of ketones is 1. The number of aryl methyl sites for hydroxylation is 1. The van der Waals surface area contributed by atoms with Crippen LogP contribution in [0.2, 0.25) is 0 Å². The Balaban J connectivity index is 1.71. The van der Waals surface area contributed by atoms with E-state index in [1.54, 1.807) is 30.5 Å². The van der Waals surface area contributed by atoms with Gasteiger partial charge in [-0.15, -0.1) is 0 Å². The molecule has 0 spiro atoms. The smallest absolute Gasteiger partial charge is 0.228 e. The summed E-state index contributed by atoms with van der Waals surface area (Å²) >= 11 is 0. The van der Waals surface area contributed by atoms with Crippen LogP contribution in [0.4, 0.5) is 5.69 Å². The van der Waals surface area contributed by atoms with Crippen LogP contribution in [0.1, 0.15) is 35.3 Å². The molecular formula is C20H19NO3. The summed E-state index contributed by atoms with van der Waals surface area (Å²) in [6, 6.07) is 12.9. The summed E-state index contributed by atoms with van der Waals surface area (Å²) in [5.74, 6) is -0.114. The lowest BCUT2D eigenvalue weighted by Crippen LogP contribution is -2.14. The predicted molar refractivity (Wildman–Crippen MR) is 94.4 cm³/mol. The Morgan fingerprint density at radius 2 is 1.83 bits per heavy atom. The van der Waals surface area contributed by atoms with E-state index in [0.717, 1.165) is 23.0 Å². The standard InChI is InChI=1S/C20H19NO3/c1-3-14-4-9-18-16(12-24-19(18)10-14)11-20(23)21-17-7-5-15(6-8-17)13(2)22/h4-10,12H,3,11H2,1-2H3,(H,21,23). The summed E-state index contributed by atoms with van der Waals surface area (Å²) in [5.41, 5.74) is 4.18. The van der Waals surface area contributed by atoms with Gasteiger partial charge in [0.2, 0.25) is 5.91 Å². The van der Waals surface area contributed by atoms with E-state index in [1.807, 2.05) is 12.1 Å². The molecule has 0 aliphatic rings. The van der Waals surface area contributed by atoms with Crippen LogP contribution in [-0.2, 0) is 17.6 Å². The number of carbonyl (C=O) groups is 2. The van der Waals surface area contributed by atoms with Crippen molar-refractivity contribution in [2.24, 2.45) is 0 Å². The minimum absolute atomic E-state index is 0.00388. The zero-order valence-electron chi connectivity index (χ0n) is 13.8. The SMILES string of the molecule is CCc1ccc2c(CC(=O)Nc3ccc(C(C)=O)cc3)coc2c1. The highest BCUT2D eigenvalue weighted by atomic mass is 16.3. The van der Waals surface area contributed by atoms with Gasteiger partial charge >= 0.3 is 0 Å². The summed E-state index contributed by atoms with van der Waals surface area (Å²) in [5, 5.41) is 3.81. The van der Waals surface area contributed by atoms with Crippen LogP contribution in [0, 0.1) is 0 Å². The first-order chi connectivity index (χ1) is 11.6. The fraction of sp³-hybridized carbons (Fsp3) is 0.200. The number of furan rings is 1. The van der Waals surface area contributed by atoms with Crippen molar-refractivity contribution in [1.29, 1.82) is 0 Å². The van der Waals surface area contributed by atoms with Gasteiger partial charge in [-0.25, -0.2) is 0 Å². The molecule has 0 aliphatic carbocycles. The molecule has 1 N–H and O–H groups in total. The van der Waals surface area contributed by atoms with E-state index < -0.39 is 0 Å². The van der Waals surface area contributed by atoms with Gasteiger partial charge in [0, 0.05) is 22.2 Å². The second-order valence-corrected chi connectivity index (χ2v) is 5.80. The van der Waals surface area contributed by atoms with Crippen molar-refractivity contribution >= 4 is 28.3 Å². The Labute approximate surface area is 140 Å². The number of rotatable bonds is 5. The van der Waals surface area contributed by atoms with Crippen LogP contribution >= 0.6 is 0 Å². The lowest BCUT2D eigenvalue weighted by atomic mass is 10.1. The molecule has 24 heavy (non-hydrogen) atoms. The lowest BCUT2D eigenvalue weighted by molar-refractivity contribution is -0.115. The first-order valence-corrected chi connectivity index (χ1v) is 7.96. The number of amides is 1. The zero-order chi connectivity index (χ0) is 17.1. The zero-order valence-corrected chi connectivity index (χ0v) is 13.8. The summed E-state index contributed by atoms with van der Waals surface area (Å²) in [6.45, 7) is 3.61. The first kappa shape index (κ1) is 16.0. The molecule has 122 valence electrons. The van der Waals surface area contributed by atoms with E-state index >= 15 is 0 Å². The first-order valence-electron chi connectivity index (χ1n) is 7.96. The minimum atomic E-state index is -0.118. The van der Waals surface area contributed by atoms with Crippen molar-refractivity contribution in [3.05, 3.63) is 65.4 Å². The van der Waals surface area contributed by atoms with Crippen LogP contribution in [0.3, 0.4) is 0 Å². The van der Waals surface area contributed by atoms with Gasteiger partial charge in [0.25, 0.3) is 0 Å². The lowest BCUT2D eigenvalue weighted by Gasteiger charge is -2.05. The molecule has 0 unspecified atom stereocenters. The van der Waals surface area contributed by atoms with Gasteiger partial charge in [-0.2, -0.15) is 0 Å². The normalized spacial score (nSPS) is 10.8. The summed E-state index contributed by atoms with van der Waals surface area (Å²) in [4.78, 5) is 23.5. The molecular weight excluding hydrogens is 302 g/mol. The van der Waals surface area contributed by atoms with E-state index in [0.29, 0.717) is 11.3 Å². The van der Waals surface area contributed by atoms with Crippen molar-refractivity contribution in [2.75, 3.05) is 5.32 Å². The van der Waals surface area contributed by atoms with Crippen molar-refractivity contribution in [1.82, 2.24) is 0 Å². The van der Waals surface area contributed by atoms with Gasteiger partial charge < -0.3 is 9.73 Å². The van der Waals surface area contributed by atoms with Crippen LogP contribution in [0.25, 0.3) is 11.0 Å². The van der Waals surface area contributed by atoms with Gasteiger partial charge in [-0.05, 0) is 49.2 Å². The quantitative estimate of drug-likeness (QED) is 0.709. The molecule has 4 heteroatoms. The molecule has 1 heterocycles. The third-order valence-electron chi connectivity index (χ3n) is 4.05. The average molecular weight is 321 g/mol. The summed E-state index contributed by atoms with van der Waals surface area (Å²) in [7, 11) is 0. The second-order valence-electron chi connectivity index (χ2n) is 5.80. The highest BCUT2D eigenvalue weighted by molar-refractivity contribution is 5.97. The topological polar surface area (TPSA) is 59.3 Å². The monoisotopic (exact) mass is 321 g/mol. The second kappa shape index (κ2) is 6.71. The molecule has 0 aliphatic heterocycles. The van der Waals surface area contributed by atoms with Gasteiger partial charge in [-0.3, -0.25) is 9.59 Å². The van der Waals surface area contributed by atoms with Crippen LogP contribution in [-0.4, -0.2) is 11.7 Å². The minimum Gasteiger partial charge on any atom is -0.464 e. The van der Waals surface area contributed by atoms with E-state index in [4.69, 9.17) is 4.42 Å². The highest BCUT2D eigenvalue weighted by Crippen LogP contribution is 2.23. The molecule has 3 aromatic rings. The molecule has 2 aromatic carbocycles. The van der Waals surface area contributed by atoms with Gasteiger partial charge in [0.1, 0.15) is 5.58 Å². The van der Waals surface area contributed by atoms with E-state index in [9.17, 15) is 9.59 Å². The van der Waals surface area contributed by atoms with Gasteiger partial charge in [0.15, 0.2) is 5.78 Å². The van der Waals surface area contributed by atoms with Crippen LogP contribution in [0.15, 0.2) is 53.1 Å².